The lowest BCUT2D eigenvalue weighted by atomic mass is 10.0. The summed E-state index contributed by atoms with van der Waals surface area (Å²) in [5.74, 6) is 0.650. The van der Waals surface area contributed by atoms with Crippen molar-refractivity contribution in [2.75, 3.05) is 13.2 Å². The molecule has 15 heavy (non-hydrogen) atoms. The summed E-state index contributed by atoms with van der Waals surface area (Å²) < 4.78 is 8.02. The smallest absolute Gasteiger partial charge is 0.0946 e. The first-order chi connectivity index (χ1) is 7.43. The largest absolute Gasteiger partial charge is 0.375 e. The SMILES string of the molecule is c1cn(C[C@@H]2CC[C@@H]3NCCO[C@@H]23)cn1. The molecule has 3 rings (SSSR count). The summed E-state index contributed by atoms with van der Waals surface area (Å²) in [7, 11) is 0. The maximum absolute atomic E-state index is 5.87. The van der Waals surface area contributed by atoms with Gasteiger partial charge in [-0.1, -0.05) is 0 Å². The Morgan fingerprint density at radius 3 is 3.33 bits per heavy atom. The van der Waals surface area contributed by atoms with Crippen molar-refractivity contribution in [2.45, 2.75) is 31.5 Å². The number of hydrogen-bond donors (Lipinski definition) is 1. The molecule has 1 aromatic heterocycles. The van der Waals surface area contributed by atoms with Crippen molar-refractivity contribution in [1.29, 1.82) is 0 Å². The predicted octanol–water partition coefficient (Wildman–Crippen LogP) is 0.650. The molecule has 0 spiro atoms. The van der Waals surface area contributed by atoms with Crippen LogP contribution in [0, 0.1) is 5.92 Å². The summed E-state index contributed by atoms with van der Waals surface area (Å²) >= 11 is 0. The van der Waals surface area contributed by atoms with Gasteiger partial charge in [0, 0.05) is 37.4 Å². The van der Waals surface area contributed by atoms with E-state index in [9.17, 15) is 0 Å². The normalized spacial score (nSPS) is 35.3. The first-order valence-electron chi connectivity index (χ1n) is 5.74. The molecule has 1 aliphatic carbocycles. The first-order valence-corrected chi connectivity index (χ1v) is 5.74. The van der Waals surface area contributed by atoms with E-state index in [0.717, 1.165) is 19.7 Å². The van der Waals surface area contributed by atoms with E-state index in [2.05, 4.69) is 14.9 Å². The van der Waals surface area contributed by atoms with Crippen molar-refractivity contribution in [1.82, 2.24) is 14.9 Å². The number of imidazole rings is 1. The maximum Gasteiger partial charge on any atom is 0.0946 e. The van der Waals surface area contributed by atoms with Crippen LogP contribution in [-0.2, 0) is 11.3 Å². The molecular formula is C11H17N3O. The summed E-state index contributed by atoms with van der Waals surface area (Å²) in [6.07, 6.45) is 8.70. The van der Waals surface area contributed by atoms with E-state index in [4.69, 9.17) is 4.74 Å². The highest BCUT2D eigenvalue weighted by molar-refractivity contribution is 4.93. The molecule has 2 fully saturated rings. The lowest BCUT2D eigenvalue weighted by Gasteiger charge is -2.30. The van der Waals surface area contributed by atoms with E-state index in [-0.39, 0.29) is 0 Å². The summed E-state index contributed by atoms with van der Waals surface area (Å²) in [4.78, 5) is 4.07. The number of fused-ring (bicyclic) bond motifs is 1. The van der Waals surface area contributed by atoms with E-state index in [1.165, 1.54) is 12.8 Å². The van der Waals surface area contributed by atoms with Crippen molar-refractivity contribution in [3.8, 4) is 0 Å². The predicted molar refractivity (Wildman–Crippen MR) is 56.5 cm³/mol. The topological polar surface area (TPSA) is 39.1 Å². The standard InChI is InChI=1S/C11H17N3O/c1-2-10-11(15-6-4-13-10)9(1)7-14-5-3-12-8-14/h3,5,8-11,13H,1-2,4,6-7H2/t9-,10-,11-/m0/s1. The van der Waals surface area contributed by atoms with Crippen molar-refractivity contribution in [3.05, 3.63) is 18.7 Å². The van der Waals surface area contributed by atoms with Crippen LogP contribution in [0.2, 0.25) is 0 Å². The zero-order valence-electron chi connectivity index (χ0n) is 8.80. The average Bonchev–Trinajstić information content (AvgIpc) is 2.89. The fourth-order valence-corrected chi connectivity index (χ4v) is 2.82. The molecule has 0 aromatic carbocycles. The molecule has 4 nitrogen and oxygen atoms in total. The van der Waals surface area contributed by atoms with Gasteiger partial charge in [-0.15, -0.1) is 0 Å². The Hall–Kier alpha value is -0.870. The molecule has 0 amide bonds. The number of morpholine rings is 1. The highest BCUT2D eigenvalue weighted by Crippen LogP contribution is 2.31. The molecule has 4 heteroatoms. The van der Waals surface area contributed by atoms with Gasteiger partial charge < -0.3 is 14.6 Å². The van der Waals surface area contributed by atoms with Crippen molar-refractivity contribution in [3.63, 3.8) is 0 Å². The van der Waals surface area contributed by atoms with Crippen molar-refractivity contribution < 1.29 is 4.74 Å². The Kier molecular flexibility index (Phi) is 2.46. The summed E-state index contributed by atoms with van der Waals surface area (Å²) in [6.45, 7) is 2.92. The van der Waals surface area contributed by atoms with Gasteiger partial charge in [-0.3, -0.25) is 0 Å². The van der Waals surface area contributed by atoms with Gasteiger partial charge in [0.2, 0.25) is 0 Å². The number of nitrogens with zero attached hydrogens (tertiary/aromatic N) is 2. The lowest BCUT2D eigenvalue weighted by Crippen LogP contribution is -2.47. The van der Waals surface area contributed by atoms with Crippen LogP contribution in [0.5, 0.6) is 0 Å². The van der Waals surface area contributed by atoms with Gasteiger partial charge >= 0.3 is 0 Å². The second kappa shape index (κ2) is 3.94. The minimum absolute atomic E-state index is 0.418. The Labute approximate surface area is 89.6 Å². The lowest BCUT2D eigenvalue weighted by molar-refractivity contribution is -0.0180. The Bertz CT molecular complexity index is 312. The van der Waals surface area contributed by atoms with E-state index in [1.807, 2.05) is 18.7 Å². The minimum atomic E-state index is 0.418. The Morgan fingerprint density at radius 1 is 1.47 bits per heavy atom. The first kappa shape index (κ1) is 9.36. The molecule has 82 valence electrons. The molecule has 2 heterocycles. The molecule has 1 saturated heterocycles. The summed E-state index contributed by atoms with van der Waals surface area (Å²) in [6, 6.07) is 0.590. The second-order valence-electron chi connectivity index (χ2n) is 4.49. The fourth-order valence-electron chi connectivity index (χ4n) is 2.82. The van der Waals surface area contributed by atoms with Crippen LogP contribution in [0.4, 0.5) is 0 Å². The van der Waals surface area contributed by atoms with Gasteiger partial charge in [0.05, 0.1) is 19.0 Å². The van der Waals surface area contributed by atoms with Crippen molar-refractivity contribution in [2.24, 2.45) is 5.92 Å². The number of nitrogens with one attached hydrogen (secondary N) is 1. The molecule has 1 aliphatic heterocycles. The Morgan fingerprint density at radius 2 is 2.47 bits per heavy atom. The van der Waals surface area contributed by atoms with Crippen LogP contribution in [0.25, 0.3) is 0 Å². The molecule has 3 atom stereocenters. The van der Waals surface area contributed by atoms with Crippen LogP contribution >= 0.6 is 0 Å². The number of ether oxygens (including phenoxy) is 1. The molecular weight excluding hydrogens is 190 g/mol. The molecule has 2 aliphatic rings. The summed E-state index contributed by atoms with van der Waals surface area (Å²) in [5, 5.41) is 3.54. The fraction of sp³-hybridized carbons (Fsp3) is 0.727. The third-order valence-electron chi connectivity index (χ3n) is 3.53. The van der Waals surface area contributed by atoms with Gasteiger partial charge in [0.1, 0.15) is 0 Å². The number of hydrogen-bond acceptors (Lipinski definition) is 3. The number of rotatable bonds is 2. The zero-order chi connectivity index (χ0) is 10.1. The number of aromatic nitrogens is 2. The monoisotopic (exact) mass is 207 g/mol. The molecule has 1 aromatic rings. The molecule has 0 unspecified atom stereocenters. The van der Waals surface area contributed by atoms with Gasteiger partial charge in [0.15, 0.2) is 0 Å². The van der Waals surface area contributed by atoms with E-state index < -0.39 is 0 Å². The van der Waals surface area contributed by atoms with Gasteiger partial charge in [-0.2, -0.15) is 0 Å². The van der Waals surface area contributed by atoms with Crippen LogP contribution in [-0.4, -0.2) is 34.8 Å². The maximum atomic E-state index is 5.87. The second-order valence-corrected chi connectivity index (χ2v) is 4.49. The van der Waals surface area contributed by atoms with Crippen LogP contribution in [0.15, 0.2) is 18.7 Å². The van der Waals surface area contributed by atoms with E-state index >= 15 is 0 Å². The van der Waals surface area contributed by atoms with Crippen LogP contribution in [0.1, 0.15) is 12.8 Å². The van der Waals surface area contributed by atoms with Gasteiger partial charge in [-0.25, -0.2) is 4.98 Å². The highest BCUT2D eigenvalue weighted by Gasteiger charge is 2.38. The molecule has 0 radical (unpaired) electrons. The van der Waals surface area contributed by atoms with Crippen LogP contribution < -0.4 is 5.32 Å². The quantitative estimate of drug-likeness (QED) is 0.774. The zero-order valence-corrected chi connectivity index (χ0v) is 8.80. The third-order valence-corrected chi connectivity index (χ3v) is 3.53. The van der Waals surface area contributed by atoms with Gasteiger partial charge in [0.25, 0.3) is 0 Å². The summed E-state index contributed by atoms with van der Waals surface area (Å²) in [5.41, 5.74) is 0. The molecule has 1 N–H and O–H groups in total. The third kappa shape index (κ3) is 1.79. The van der Waals surface area contributed by atoms with E-state index in [0.29, 0.717) is 18.1 Å². The van der Waals surface area contributed by atoms with Crippen molar-refractivity contribution >= 4 is 0 Å². The molecule has 1 saturated carbocycles. The highest BCUT2D eigenvalue weighted by atomic mass is 16.5. The minimum Gasteiger partial charge on any atom is -0.375 e. The van der Waals surface area contributed by atoms with E-state index in [1.54, 1.807) is 0 Å². The Balaban J connectivity index is 1.67. The van der Waals surface area contributed by atoms with Gasteiger partial charge in [-0.05, 0) is 12.8 Å². The average molecular weight is 207 g/mol. The van der Waals surface area contributed by atoms with Crippen LogP contribution in [0.3, 0.4) is 0 Å². The molecule has 0 bridgehead atoms.